The summed E-state index contributed by atoms with van der Waals surface area (Å²) in [7, 11) is 0. The topological polar surface area (TPSA) is 41.1 Å². The van der Waals surface area contributed by atoms with Gasteiger partial charge in [-0.15, -0.1) is 0 Å². The summed E-state index contributed by atoms with van der Waals surface area (Å²) in [5, 5.41) is 4.64. The molecule has 0 aliphatic carbocycles. The van der Waals surface area contributed by atoms with Crippen molar-refractivity contribution in [3.8, 4) is 0 Å². The van der Waals surface area contributed by atoms with Crippen molar-refractivity contribution in [1.29, 1.82) is 0 Å². The SMILES string of the molecule is CC(NC(C)c1c(F)cccc1Cl)C(=O)NCC(F)(F)F. The Morgan fingerprint density at radius 3 is 2.48 bits per heavy atom. The number of alkyl halides is 3. The summed E-state index contributed by atoms with van der Waals surface area (Å²) in [6.07, 6.45) is -4.48. The molecule has 0 fully saturated rings. The van der Waals surface area contributed by atoms with Gasteiger partial charge in [-0.05, 0) is 26.0 Å². The third kappa shape index (κ3) is 5.51. The molecule has 0 radical (unpaired) electrons. The van der Waals surface area contributed by atoms with Crippen LogP contribution in [0.3, 0.4) is 0 Å². The minimum Gasteiger partial charge on any atom is -0.346 e. The van der Waals surface area contributed by atoms with Gasteiger partial charge in [-0.3, -0.25) is 10.1 Å². The van der Waals surface area contributed by atoms with Crippen molar-refractivity contribution in [3.05, 3.63) is 34.6 Å². The molecular weight excluding hydrogens is 312 g/mol. The molecule has 0 bridgehead atoms. The Morgan fingerprint density at radius 1 is 1.33 bits per heavy atom. The first-order valence-electron chi connectivity index (χ1n) is 6.16. The molecule has 8 heteroatoms. The standard InChI is InChI=1S/C13H15ClF4N2O/c1-7(11-9(14)4-3-5-10(11)15)20-8(2)12(21)19-6-13(16,17)18/h3-5,7-8,20H,6H2,1-2H3,(H,19,21). The lowest BCUT2D eigenvalue weighted by molar-refractivity contribution is -0.139. The predicted octanol–water partition coefficient (Wildman–Crippen LogP) is 3.20. The molecule has 2 unspecified atom stereocenters. The van der Waals surface area contributed by atoms with E-state index >= 15 is 0 Å². The van der Waals surface area contributed by atoms with E-state index in [0.717, 1.165) is 0 Å². The van der Waals surface area contributed by atoms with Crippen LogP contribution in [0.4, 0.5) is 17.6 Å². The Bertz CT molecular complexity index is 487. The number of carbonyl (C=O) groups is 1. The van der Waals surface area contributed by atoms with Crippen molar-refractivity contribution in [2.24, 2.45) is 0 Å². The minimum absolute atomic E-state index is 0.162. The van der Waals surface area contributed by atoms with Crippen LogP contribution in [-0.2, 0) is 4.79 Å². The second-order valence-corrected chi connectivity index (χ2v) is 4.99. The zero-order valence-electron chi connectivity index (χ0n) is 11.4. The Hall–Kier alpha value is -1.34. The van der Waals surface area contributed by atoms with Crippen molar-refractivity contribution >= 4 is 17.5 Å². The van der Waals surface area contributed by atoms with Crippen LogP contribution in [0.5, 0.6) is 0 Å². The zero-order chi connectivity index (χ0) is 16.2. The number of carbonyl (C=O) groups excluding carboxylic acids is 1. The number of amides is 1. The van der Waals surface area contributed by atoms with Crippen molar-refractivity contribution in [1.82, 2.24) is 10.6 Å². The van der Waals surface area contributed by atoms with E-state index in [0.29, 0.717) is 0 Å². The van der Waals surface area contributed by atoms with E-state index in [4.69, 9.17) is 11.6 Å². The molecular formula is C13H15ClF4N2O. The third-order valence-corrected chi connectivity index (χ3v) is 3.12. The maximum atomic E-state index is 13.7. The molecule has 0 aliphatic heterocycles. The van der Waals surface area contributed by atoms with Gasteiger partial charge in [-0.1, -0.05) is 17.7 Å². The van der Waals surface area contributed by atoms with E-state index in [2.05, 4.69) is 5.32 Å². The van der Waals surface area contributed by atoms with Gasteiger partial charge in [0.1, 0.15) is 12.4 Å². The lowest BCUT2D eigenvalue weighted by Gasteiger charge is -2.21. The molecule has 0 spiro atoms. The van der Waals surface area contributed by atoms with Gasteiger partial charge in [0.15, 0.2) is 0 Å². The normalized spacial score (nSPS) is 14.6. The smallest absolute Gasteiger partial charge is 0.346 e. The van der Waals surface area contributed by atoms with E-state index in [-0.39, 0.29) is 10.6 Å². The molecule has 21 heavy (non-hydrogen) atoms. The van der Waals surface area contributed by atoms with Crippen LogP contribution in [0, 0.1) is 5.82 Å². The average Bonchev–Trinajstić information content (AvgIpc) is 2.34. The highest BCUT2D eigenvalue weighted by atomic mass is 35.5. The van der Waals surface area contributed by atoms with E-state index in [9.17, 15) is 22.4 Å². The van der Waals surface area contributed by atoms with Crippen LogP contribution >= 0.6 is 11.6 Å². The molecule has 0 aliphatic rings. The first kappa shape index (κ1) is 17.7. The third-order valence-electron chi connectivity index (χ3n) is 2.79. The maximum Gasteiger partial charge on any atom is 0.405 e. The molecule has 1 aromatic rings. The summed E-state index contributed by atoms with van der Waals surface area (Å²) in [6, 6.07) is 2.58. The Morgan fingerprint density at radius 2 is 1.95 bits per heavy atom. The fraction of sp³-hybridized carbons (Fsp3) is 0.462. The van der Waals surface area contributed by atoms with Crippen molar-refractivity contribution in [2.45, 2.75) is 32.1 Å². The maximum absolute atomic E-state index is 13.7. The van der Waals surface area contributed by atoms with Gasteiger partial charge in [0, 0.05) is 16.6 Å². The van der Waals surface area contributed by atoms with Gasteiger partial charge in [-0.2, -0.15) is 13.2 Å². The quantitative estimate of drug-likeness (QED) is 0.816. The van der Waals surface area contributed by atoms with Crippen LogP contribution in [0.15, 0.2) is 18.2 Å². The molecule has 3 nitrogen and oxygen atoms in total. The second-order valence-electron chi connectivity index (χ2n) is 4.58. The number of halogens is 5. The van der Waals surface area contributed by atoms with Gasteiger partial charge in [0.05, 0.1) is 6.04 Å². The molecule has 118 valence electrons. The van der Waals surface area contributed by atoms with E-state index in [1.54, 1.807) is 12.2 Å². The number of nitrogens with one attached hydrogen (secondary N) is 2. The molecule has 2 N–H and O–H groups in total. The molecule has 0 heterocycles. The summed E-state index contributed by atoms with van der Waals surface area (Å²) < 4.78 is 49.7. The minimum atomic E-state index is -4.48. The van der Waals surface area contributed by atoms with Gasteiger partial charge >= 0.3 is 6.18 Å². The summed E-state index contributed by atoms with van der Waals surface area (Å²) in [6.45, 7) is 1.54. The van der Waals surface area contributed by atoms with Gasteiger partial charge in [0.2, 0.25) is 5.91 Å². The molecule has 1 rings (SSSR count). The molecule has 1 aromatic carbocycles. The van der Waals surface area contributed by atoms with Crippen LogP contribution in [0.25, 0.3) is 0 Å². The van der Waals surface area contributed by atoms with Crippen LogP contribution in [0.2, 0.25) is 5.02 Å². The van der Waals surface area contributed by atoms with Crippen molar-refractivity contribution in [2.75, 3.05) is 6.54 Å². The monoisotopic (exact) mass is 326 g/mol. The average molecular weight is 327 g/mol. The van der Waals surface area contributed by atoms with Crippen LogP contribution < -0.4 is 10.6 Å². The molecule has 0 saturated carbocycles. The molecule has 0 saturated heterocycles. The summed E-state index contributed by atoms with van der Waals surface area (Å²) in [5.74, 6) is -1.38. The molecule has 1 amide bonds. The van der Waals surface area contributed by atoms with Crippen LogP contribution in [0.1, 0.15) is 25.5 Å². The van der Waals surface area contributed by atoms with Gasteiger partial charge < -0.3 is 5.32 Å². The number of rotatable bonds is 5. The Labute approximate surface area is 124 Å². The highest BCUT2D eigenvalue weighted by Gasteiger charge is 2.29. The Kier molecular flexibility index (Phi) is 5.98. The largest absolute Gasteiger partial charge is 0.405 e. The lowest BCUT2D eigenvalue weighted by atomic mass is 10.1. The van der Waals surface area contributed by atoms with Crippen molar-refractivity contribution < 1.29 is 22.4 Å². The van der Waals surface area contributed by atoms with Crippen LogP contribution in [-0.4, -0.2) is 24.7 Å². The first-order valence-corrected chi connectivity index (χ1v) is 6.54. The Balaban J connectivity index is 2.66. The summed E-state index contributed by atoms with van der Waals surface area (Å²) >= 11 is 5.88. The second kappa shape index (κ2) is 7.09. The van der Waals surface area contributed by atoms with Gasteiger partial charge in [-0.25, -0.2) is 4.39 Å². The zero-order valence-corrected chi connectivity index (χ0v) is 12.1. The van der Waals surface area contributed by atoms with Crippen molar-refractivity contribution in [3.63, 3.8) is 0 Å². The number of hydrogen-bond donors (Lipinski definition) is 2. The predicted molar refractivity (Wildman–Crippen MR) is 71.5 cm³/mol. The molecule has 0 aromatic heterocycles. The highest BCUT2D eigenvalue weighted by molar-refractivity contribution is 6.31. The fourth-order valence-corrected chi connectivity index (χ4v) is 2.13. The first-order chi connectivity index (χ1) is 9.61. The number of benzene rings is 1. The summed E-state index contributed by atoms with van der Waals surface area (Å²) in [4.78, 5) is 11.5. The van der Waals surface area contributed by atoms with Gasteiger partial charge in [0.25, 0.3) is 0 Å². The highest BCUT2D eigenvalue weighted by Crippen LogP contribution is 2.25. The lowest BCUT2D eigenvalue weighted by Crippen LogP contribution is -2.46. The van der Waals surface area contributed by atoms with E-state index in [1.165, 1.54) is 25.1 Å². The van der Waals surface area contributed by atoms with E-state index < -0.39 is 36.5 Å². The summed E-state index contributed by atoms with van der Waals surface area (Å²) in [5.41, 5.74) is 0.162. The number of hydrogen-bond acceptors (Lipinski definition) is 2. The molecule has 2 atom stereocenters. The fourth-order valence-electron chi connectivity index (χ4n) is 1.80. The van der Waals surface area contributed by atoms with E-state index in [1.807, 2.05) is 0 Å².